The van der Waals surface area contributed by atoms with Crippen LogP contribution in [0, 0.1) is 6.92 Å². The van der Waals surface area contributed by atoms with Gasteiger partial charge in [0.15, 0.2) is 11.5 Å². The zero-order chi connectivity index (χ0) is 19.6. The molecule has 1 aliphatic heterocycles. The van der Waals surface area contributed by atoms with Crippen molar-refractivity contribution in [2.75, 3.05) is 30.8 Å². The fourth-order valence-electron chi connectivity index (χ4n) is 2.85. The molecule has 8 heteroatoms. The maximum absolute atomic E-state index is 12.6. The van der Waals surface area contributed by atoms with E-state index in [1.54, 1.807) is 25.1 Å². The van der Waals surface area contributed by atoms with E-state index >= 15 is 0 Å². The number of fused-ring (bicyclic) bond motifs is 1. The first kappa shape index (κ1) is 19.0. The van der Waals surface area contributed by atoms with Crippen molar-refractivity contribution in [2.24, 2.45) is 0 Å². The average molecular weight is 390 g/mol. The Kier molecular flexibility index (Phi) is 5.27. The Hall–Kier alpha value is -2.74. The monoisotopic (exact) mass is 390 g/mol. The highest BCUT2D eigenvalue weighted by molar-refractivity contribution is 7.92. The molecule has 0 spiro atoms. The number of anilines is 1. The zero-order valence-corrected chi connectivity index (χ0v) is 16.2. The molecule has 1 aliphatic rings. The van der Waals surface area contributed by atoms with Crippen LogP contribution in [-0.4, -0.2) is 46.9 Å². The maximum Gasteiger partial charge on any atom is 0.251 e. The standard InChI is InChI=1S/C19H22N2O5S/c1-13-15(7-6-8-16(13)21(2)27(3,23)24)19(22)20-11-14-12-25-17-9-4-5-10-18(17)26-14/h4-10,14H,11-12H2,1-3H3,(H,20,22)/t14-/m0/s1. The fourth-order valence-corrected chi connectivity index (χ4v) is 3.41. The molecule has 1 atom stereocenters. The van der Waals surface area contributed by atoms with Gasteiger partial charge in [0.2, 0.25) is 10.0 Å². The number of amides is 1. The molecule has 0 unspecified atom stereocenters. The first-order valence-electron chi connectivity index (χ1n) is 8.47. The second-order valence-corrected chi connectivity index (χ2v) is 8.40. The van der Waals surface area contributed by atoms with E-state index in [1.165, 1.54) is 7.05 Å². The largest absolute Gasteiger partial charge is 0.486 e. The van der Waals surface area contributed by atoms with Crippen LogP contribution in [0.2, 0.25) is 0 Å². The first-order chi connectivity index (χ1) is 12.8. The predicted octanol–water partition coefficient (Wildman–Crippen LogP) is 1.96. The molecule has 0 saturated heterocycles. The highest BCUT2D eigenvalue weighted by Crippen LogP contribution is 2.30. The van der Waals surface area contributed by atoms with Crippen LogP contribution in [0.3, 0.4) is 0 Å². The van der Waals surface area contributed by atoms with E-state index in [2.05, 4.69) is 5.32 Å². The highest BCUT2D eigenvalue weighted by atomic mass is 32.2. The second-order valence-electron chi connectivity index (χ2n) is 6.39. The lowest BCUT2D eigenvalue weighted by Gasteiger charge is -2.26. The van der Waals surface area contributed by atoms with Gasteiger partial charge in [-0.3, -0.25) is 9.10 Å². The van der Waals surface area contributed by atoms with E-state index in [9.17, 15) is 13.2 Å². The minimum atomic E-state index is -3.41. The Morgan fingerprint density at radius 3 is 2.59 bits per heavy atom. The van der Waals surface area contributed by atoms with Crippen molar-refractivity contribution in [3.63, 3.8) is 0 Å². The van der Waals surface area contributed by atoms with E-state index in [0.29, 0.717) is 34.9 Å². The number of para-hydroxylation sites is 2. The molecule has 0 fully saturated rings. The Balaban J connectivity index is 1.69. The van der Waals surface area contributed by atoms with Crippen molar-refractivity contribution in [1.29, 1.82) is 0 Å². The molecular weight excluding hydrogens is 368 g/mol. The molecule has 0 aliphatic carbocycles. The van der Waals surface area contributed by atoms with Crippen LogP contribution in [0.15, 0.2) is 42.5 Å². The maximum atomic E-state index is 12.6. The third kappa shape index (κ3) is 4.16. The van der Waals surface area contributed by atoms with E-state index in [4.69, 9.17) is 9.47 Å². The van der Waals surface area contributed by atoms with Gasteiger partial charge in [0, 0.05) is 12.6 Å². The summed E-state index contributed by atoms with van der Waals surface area (Å²) >= 11 is 0. The molecule has 0 aromatic heterocycles. The minimum Gasteiger partial charge on any atom is -0.486 e. The Bertz CT molecular complexity index is 958. The molecule has 3 rings (SSSR count). The highest BCUT2D eigenvalue weighted by Gasteiger charge is 2.23. The van der Waals surface area contributed by atoms with E-state index in [1.807, 2.05) is 24.3 Å². The summed E-state index contributed by atoms with van der Waals surface area (Å²) in [5.74, 6) is 1.04. The van der Waals surface area contributed by atoms with E-state index < -0.39 is 10.0 Å². The number of rotatable bonds is 5. The van der Waals surface area contributed by atoms with Crippen LogP contribution >= 0.6 is 0 Å². The lowest BCUT2D eigenvalue weighted by Crippen LogP contribution is -2.41. The number of carbonyl (C=O) groups is 1. The number of hydrogen-bond donors (Lipinski definition) is 1. The Labute approximate surface area is 158 Å². The number of hydrogen-bond acceptors (Lipinski definition) is 5. The smallest absolute Gasteiger partial charge is 0.251 e. The number of nitrogens with zero attached hydrogens (tertiary/aromatic N) is 1. The van der Waals surface area contributed by atoms with Crippen LogP contribution in [0.25, 0.3) is 0 Å². The van der Waals surface area contributed by atoms with Gasteiger partial charge in [-0.25, -0.2) is 8.42 Å². The summed E-state index contributed by atoms with van der Waals surface area (Å²) in [6.07, 6.45) is 0.822. The first-order valence-corrected chi connectivity index (χ1v) is 10.3. The van der Waals surface area contributed by atoms with Gasteiger partial charge in [0.05, 0.1) is 18.5 Å². The van der Waals surface area contributed by atoms with Crippen LogP contribution in [0.5, 0.6) is 11.5 Å². The summed E-state index contributed by atoms with van der Waals surface area (Å²) in [7, 11) is -1.95. The second kappa shape index (κ2) is 7.48. The van der Waals surface area contributed by atoms with Crippen molar-refractivity contribution in [3.05, 3.63) is 53.6 Å². The third-order valence-electron chi connectivity index (χ3n) is 4.44. The SMILES string of the molecule is Cc1c(C(=O)NC[C@H]2COc3ccccc3O2)cccc1N(C)S(C)(=O)=O. The van der Waals surface area contributed by atoms with Gasteiger partial charge in [-0.1, -0.05) is 18.2 Å². The summed E-state index contributed by atoms with van der Waals surface area (Å²) < 4.78 is 36.2. The molecule has 0 bridgehead atoms. The van der Waals surface area contributed by atoms with Crippen LogP contribution in [0.1, 0.15) is 15.9 Å². The number of sulfonamides is 1. The summed E-state index contributed by atoms with van der Waals surface area (Å²) in [4.78, 5) is 12.6. The minimum absolute atomic E-state index is 0.277. The molecule has 2 aromatic rings. The number of nitrogens with one attached hydrogen (secondary N) is 1. The van der Waals surface area contributed by atoms with Crippen molar-refractivity contribution in [2.45, 2.75) is 13.0 Å². The third-order valence-corrected chi connectivity index (χ3v) is 5.64. The summed E-state index contributed by atoms with van der Waals surface area (Å²) in [5, 5.41) is 2.83. The van der Waals surface area contributed by atoms with Gasteiger partial charge in [-0.05, 0) is 36.8 Å². The van der Waals surface area contributed by atoms with Crippen LogP contribution in [-0.2, 0) is 10.0 Å². The topological polar surface area (TPSA) is 84.9 Å². The van der Waals surface area contributed by atoms with Gasteiger partial charge < -0.3 is 14.8 Å². The molecule has 2 aromatic carbocycles. The quantitative estimate of drug-likeness (QED) is 0.844. The molecule has 0 saturated carbocycles. The Morgan fingerprint density at radius 1 is 1.19 bits per heavy atom. The van der Waals surface area contributed by atoms with Gasteiger partial charge in [-0.2, -0.15) is 0 Å². The van der Waals surface area contributed by atoms with Crippen LogP contribution < -0.4 is 19.1 Å². The van der Waals surface area contributed by atoms with Gasteiger partial charge >= 0.3 is 0 Å². The van der Waals surface area contributed by atoms with E-state index in [-0.39, 0.29) is 18.6 Å². The molecule has 0 radical (unpaired) electrons. The predicted molar refractivity (Wildman–Crippen MR) is 103 cm³/mol. The van der Waals surface area contributed by atoms with Crippen molar-refractivity contribution < 1.29 is 22.7 Å². The van der Waals surface area contributed by atoms with Crippen molar-refractivity contribution in [3.8, 4) is 11.5 Å². The lowest BCUT2D eigenvalue weighted by atomic mass is 10.1. The molecule has 144 valence electrons. The normalized spacial score (nSPS) is 15.9. The molecule has 27 heavy (non-hydrogen) atoms. The molecule has 1 heterocycles. The average Bonchev–Trinajstić information content (AvgIpc) is 2.65. The van der Waals surface area contributed by atoms with Gasteiger partial charge in [0.1, 0.15) is 12.7 Å². The molecular formula is C19H22N2O5S. The fraction of sp³-hybridized carbons (Fsp3) is 0.316. The Morgan fingerprint density at radius 2 is 1.89 bits per heavy atom. The summed E-state index contributed by atoms with van der Waals surface area (Å²) in [6, 6.07) is 12.4. The summed E-state index contributed by atoms with van der Waals surface area (Å²) in [6.45, 7) is 2.34. The molecule has 1 N–H and O–H groups in total. The van der Waals surface area contributed by atoms with Crippen molar-refractivity contribution >= 4 is 21.6 Å². The number of ether oxygens (including phenoxy) is 2. The van der Waals surface area contributed by atoms with Gasteiger partial charge in [-0.15, -0.1) is 0 Å². The molecule has 7 nitrogen and oxygen atoms in total. The number of carbonyl (C=O) groups excluding carboxylic acids is 1. The lowest BCUT2D eigenvalue weighted by molar-refractivity contribution is 0.0789. The van der Waals surface area contributed by atoms with E-state index in [0.717, 1.165) is 10.6 Å². The molecule has 1 amide bonds. The zero-order valence-electron chi connectivity index (χ0n) is 15.4. The summed E-state index contributed by atoms with van der Waals surface area (Å²) in [5.41, 5.74) is 1.48. The van der Waals surface area contributed by atoms with Crippen molar-refractivity contribution in [1.82, 2.24) is 5.32 Å². The van der Waals surface area contributed by atoms with Gasteiger partial charge in [0.25, 0.3) is 5.91 Å². The number of benzene rings is 2. The van der Waals surface area contributed by atoms with Crippen LogP contribution in [0.4, 0.5) is 5.69 Å².